The summed E-state index contributed by atoms with van der Waals surface area (Å²) < 4.78 is 12.2. The second-order valence-electron chi connectivity index (χ2n) is 5.52. The average molecular weight is 315 g/mol. The topological polar surface area (TPSA) is 46.2 Å². The van der Waals surface area contributed by atoms with Crippen LogP contribution < -0.4 is 5.32 Å². The molecule has 0 saturated heterocycles. The van der Waals surface area contributed by atoms with Gasteiger partial charge < -0.3 is 5.32 Å². The first kappa shape index (κ1) is 16.4. The summed E-state index contributed by atoms with van der Waals surface area (Å²) >= 11 is 0. The number of carbonyl (C=O) groups excluding carboxylic acids is 1. The van der Waals surface area contributed by atoms with Crippen molar-refractivity contribution in [2.75, 3.05) is 11.1 Å². The Morgan fingerprint density at radius 3 is 2.50 bits per heavy atom. The number of amides is 1. The Balaban J connectivity index is 1.96. The van der Waals surface area contributed by atoms with Crippen LogP contribution in [0.3, 0.4) is 0 Å². The number of nitrogens with one attached hydrogen (secondary N) is 1. The summed E-state index contributed by atoms with van der Waals surface area (Å²) in [7, 11) is -1.21. The van der Waals surface area contributed by atoms with Crippen LogP contribution in [0.5, 0.6) is 0 Å². The monoisotopic (exact) mass is 315 g/mol. The van der Waals surface area contributed by atoms with Crippen LogP contribution in [-0.2, 0) is 21.3 Å². The van der Waals surface area contributed by atoms with E-state index in [9.17, 15) is 9.00 Å². The first-order valence-electron chi connectivity index (χ1n) is 7.22. The predicted molar refractivity (Wildman–Crippen MR) is 92.4 cm³/mol. The maximum Gasteiger partial charge on any atom is 0.237 e. The van der Waals surface area contributed by atoms with Crippen molar-refractivity contribution in [3.8, 4) is 0 Å². The maximum absolute atomic E-state index is 12.2. The van der Waals surface area contributed by atoms with Crippen molar-refractivity contribution in [2.24, 2.45) is 0 Å². The Kier molecular flexibility index (Phi) is 5.50. The minimum absolute atomic E-state index is 0.0156. The average Bonchev–Trinajstić information content (AvgIpc) is 2.45. The van der Waals surface area contributed by atoms with Crippen molar-refractivity contribution in [2.45, 2.75) is 26.5 Å². The molecule has 116 valence electrons. The fraction of sp³-hybridized carbons (Fsp3) is 0.278. The Morgan fingerprint density at radius 1 is 1.05 bits per heavy atom. The predicted octanol–water partition coefficient (Wildman–Crippen LogP) is 3.50. The van der Waals surface area contributed by atoms with Crippen molar-refractivity contribution in [3.05, 3.63) is 64.7 Å². The van der Waals surface area contributed by atoms with Crippen molar-refractivity contribution in [1.82, 2.24) is 0 Å². The van der Waals surface area contributed by atoms with E-state index in [1.165, 1.54) is 0 Å². The van der Waals surface area contributed by atoms with Crippen LogP contribution in [0, 0.1) is 20.8 Å². The van der Waals surface area contributed by atoms with Gasteiger partial charge in [0, 0.05) is 22.2 Å². The molecule has 0 spiro atoms. The van der Waals surface area contributed by atoms with Crippen LogP contribution in [0.4, 0.5) is 5.69 Å². The van der Waals surface area contributed by atoms with E-state index >= 15 is 0 Å². The van der Waals surface area contributed by atoms with E-state index < -0.39 is 10.8 Å². The number of hydrogen-bond acceptors (Lipinski definition) is 2. The van der Waals surface area contributed by atoms with Crippen LogP contribution >= 0.6 is 0 Å². The van der Waals surface area contributed by atoms with Crippen molar-refractivity contribution < 1.29 is 9.00 Å². The number of para-hydroxylation sites is 1. The molecule has 2 aromatic rings. The zero-order valence-electron chi connectivity index (χ0n) is 13.2. The number of carbonyl (C=O) groups is 1. The van der Waals surface area contributed by atoms with E-state index in [-0.39, 0.29) is 11.7 Å². The van der Waals surface area contributed by atoms with Gasteiger partial charge in [0.15, 0.2) is 0 Å². The quantitative estimate of drug-likeness (QED) is 0.918. The van der Waals surface area contributed by atoms with E-state index in [2.05, 4.69) is 5.32 Å². The molecule has 2 aromatic carbocycles. The van der Waals surface area contributed by atoms with Gasteiger partial charge in [0.25, 0.3) is 0 Å². The van der Waals surface area contributed by atoms with Gasteiger partial charge in [-0.15, -0.1) is 0 Å². The Hall–Kier alpha value is -1.94. The molecular formula is C18H21NO2S. The zero-order chi connectivity index (χ0) is 16.1. The summed E-state index contributed by atoms with van der Waals surface area (Å²) in [4.78, 5) is 12.0. The number of rotatable bonds is 5. The highest BCUT2D eigenvalue weighted by atomic mass is 32.2. The van der Waals surface area contributed by atoms with E-state index in [1.54, 1.807) is 0 Å². The molecule has 0 radical (unpaired) electrons. The Labute approximate surface area is 134 Å². The third-order valence-corrected chi connectivity index (χ3v) is 4.75. The standard InChI is InChI=1S/C18H21NO2S/c1-13-8-9-14(2)16(10-13)11-22(21)12-18(20)19-17-7-5-4-6-15(17)3/h4-10H,11-12H2,1-3H3,(H,19,20). The van der Waals surface area contributed by atoms with E-state index in [1.807, 2.05) is 63.2 Å². The molecule has 0 bridgehead atoms. The largest absolute Gasteiger partial charge is 0.325 e. The highest BCUT2D eigenvalue weighted by Crippen LogP contribution is 2.15. The fourth-order valence-electron chi connectivity index (χ4n) is 2.23. The molecule has 0 aliphatic rings. The van der Waals surface area contributed by atoms with E-state index in [0.29, 0.717) is 5.75 Å². The Bertz CT molecular complexity index is 710. The summed E-state index contributed by atoms with van der Waals surface area (Å²) in [6.07, 6.45) is 0. The third-order valence-electron chi connectivity index (χ3n) is 3.53. The number of hydrogen-bond donors (Lipinski definition) is 1. The van der Waals surface area contributed by atoms with E-state index in [0.717, 1.165) is 27.9 Å². The lowest BCUT2D eigenvalue weighted by atomic mass is 10.1. The highest BCUT2D eigenvalue weighted by molar-refractivity contribution is 7.84. The second kappa shape index (κ2) is 7.36. The molecular weight excluding hydrogens is 294 g/mol. The third kappa shape index (κ3) is 4.53. The van der Waals surface area contributed by atoms with Gasteiger partial charge in [-0.05, 0) is 43.5 Å². The van der Waals surface area contributed by atoms with Crippen LogP contribution in [-0.4, -0.2) is 15.9 Å². The van der Waals surface area contributed by atoms with Gasteiger partial charge >= 0.3 is 0 Å². The number of benzene rings is 2. The van der Waals surface area contributed by atoms with Gasteiger partial charge in [-0.1, -0.05) is 42.0 Å². The van der Waals surface area contributed by atoms with Crippen LogP contribution in [0.2, 0.25) is 0 Å². The second-order valence-corrected chi connectivity index (χ2v) is 6.98. The minimum Gasteiger partial charge on any atom is -0.325 e. The van der Waals surface area contributed by atoms with Crippen molar-refractivity contribution in [3.63, 3.8) is 0 Å². The molecule has 0 aromatic heterocycles. The van der Waals surface area contributed by atoms with E-state index in [4.69, 9.17) is 0 Å². The molecule has 0 aliphatic heterocycles. The van der Waals surface area contributed by atoms with Gasteiger partial charge in [0.1, 0.15) is 5.75 Å². The lowest BCUT2D eigenvalue weighted by Gasteiger charge is -2.09. The van der Waals surface area contributed by atoms with Gasteiger partial charge in [-0.3, -0.25) is 9.00 Å². The molecule has 0 saturated carbocycles. The van der Waals surface area contributed by atoms with Crippen LogP contribution in [0.1, 0.15) is 22.3 Å². The van der Waals surface area contributed by atoms with Gasteiger partial charge in [0.2, 0.25) is 5.91 Å². The molecule has 1 atom stereocenters. The van der Waals surface area contributed by atoms with Gasteiger partial charge in [-0.2, -0.15) is 0 Å². The SMILES string of the molecule is Cc1ccc(C)c(CS(=O)CC(=O)Nc2ccccc2C)c1. The summed E-state index contributed by atoms with van der Waals surface area (Å²) in [6.45, 7) is 5.94. The number of aryl methyl sites for hydroxylation is 3. The molecule has 2 rings (SSSR count). The molecule has 1 amide bonds. The molecule has 3 nitrogen and oxygen atoms in total. The molecule has 1 unspecified atom stereocenters. The minimum atomic E-state index is -1.21. The molecule has 0 aliphatic carbocycles. The summed E-state index contributed by atoms with van der Waals surface area (Å²) in [5, 5.41) is 2.82. The first-order valence-corrected chi connectivity index (χ1v) is 8.71. The molecule has 0 heterocycles. The maximum atomic E-state index is 12.2. The normalized spacial score (nSPS) is 12.0. The highest BCUT2D eigenvalue weighted by Gasteiger charge is 2.11. The van der Waals surface area contributed by atoms with Crippen molar-refractivity contribution in [1.29, 1.82) is 0 Å². The van der Waals surface area contributed by atoms with Crippen LogP contribution in [0.25, 0.3) is 0 Å². The summed E-state index contributed by atoms with van der Waals surface area (Å²) in [6, 6.07) is 13.7. The Morgan fingerprint density at radius 2 is 1.77 bits per heavy atom. The number of anilines is 1. The first-order chi connectivity index (χ1) is 10.5. The lowest BCUT2D eigenvalue weighted by molar-refractivity contribution is -0.113. The van der Waals surface area contributed by atoms with Gasteiger partial charge in [-0.25, -0.2) is 0 Å². The zero-order valence-corrected chi connectivity index (χ0v) is 14.0. The molecule has 4 heteroatoms. The van der Waals surface area contributed by atoms with Gasteiger partial charge in [0.05, 0.1) is 0 Å². The van der Waals surface area contributed by atoms with Crippen molar-refractivity contribution >= 4 is 22.4 Å². The smallest absolute Gasteiger partial charge is 0.237 e. The fourth-order valence-corrected chi connectivity index (χ4v) is 3.35. The van der Waals surface area contributed by atoms with Crippen LogP contribution in [0.15, 0.2) is 42.5 Å². The molecule has 1 N–H and O–H groups in total. The lowest BCUT2D eigenvalue weighted by Crippen LogP contribution is -2.20. The molecule has 0 fully saturated rings. The summed E-state index contributed by atoms with van der Waals surface area (Å²) in [5.41, 5.74) is 5.06. The summed E-state index contributed by atoms with van der Waals surface area (Å²) in [5.74, 6) is 0.217. The molecule has 22 heavy (non-hydrogen) atoms.